The van der Waals surface area contributed by atoms with E-state index in [0.717, 1.165) is 25.2 Å². The topological polar surface area (TPSA) is 56.7 Å². The van der Waals surface area contributed by atoms with Crippen molar-refractivity contribution in [2.24, 2.45) is 5.73 Å². The van der Waals surface area contributed by atoms with Crippen LogP contribution in [0, 0.1) is 0 Å². The van der Waals surface area contributed by atoms with E-state index in [9.17, 15) is 0 Å². The molecular formula is C6H10N4. The van der Waals surface area contributed by atoms with Crippen LogP contribution in [0.2, 0.25) is 0 Å². The van der Waals surface area contributed by atoms with Gasteiger partial charge < -0.3 is 10.3 Å². The van der Waals surface area contributed by atoms with Gasteiger partial charge in [-0.2, -0.15) is 0 Å². The highest BCUT2D eigenvalue weighted by Crippen LogP contribution is 2.09. The van der Waals surface area contributed by atoms with E-state index >= 15 is 0 Å². The Hall–Kier alpha value is -0.900. The van der Waals surface area contributed by atoms with E-state index in [1.165, 1.54) is 0 Å². The van der Waals surface area contributed by atoms with Crippen LogP contribution in [-0.2, 0) is 13.0 Å². The molecule has 0 aromatic carbocycles. The van der Waals surface area contributed by atoms with Crippen molar-refractivity contribution in [3.05, 3.63) is 12.2 Å². The van der Waals surface area contributed by atoms with Gasteiger partial charge in [-0.25, -0.2) is 0 Å². The van der Waals surface area contributed by atoms with Crippen LogP contribution in [0.25, 0.3) is 0 Å². The molecule has 0 unspecified atom stereocenters. The van der Waals surface area contributed by atoms with Crippen molar-refractivity contribution in [3.63, 3.8) is 0 Å². The molecule has 10 heavy (non-hydrogen) atoms. The molecule has 0 saturated heterocycles. The van der Waals surface area contributed by atoms with Gasteiger partial charge in [0.25, 0.3) is 0 Å². The van der Waals surface area contributed by atoms with Crippen molar-refractivity contribution < 1.29 is 0 Å². The summed E-state index contributed by atoms with van der Waals surface area (Å²) in [4.78, 5) is 0. The smallest absolute Gasteiger partial charge is 0.132 e. The lowest BCUT2D eigenvalue weighted by Gasteiger charge is -2.18. The summed E-state index contributed by atoms with van der Waals surface area (Å²) >= 11 is 0. The summed E-state index contributed by atoms with van der Waals surface area (Å²) < 4.78 is 2.02. The van der Waals surface area contributed by atoms with Crippen LogP contribution in [-0.4, -0.2) is 20.8 Å². The molecule has 1 aromatic rings. The Labute approximate surface area is 59.1 Å². The zero-order valence-corrected chi connectivity index (χ0v) is 5.70. The van der Waals surface area contributed by atoms with E-state index in [-0.39, 0.29) is 0 Å². The first-order valence-electron chi connectivity index (χ1n) is 3.48. The number of hydrogen-bond donors (Lipinski definition) is 1. The molecule has 0 fully saturated rings. The van der Waals surface area contributed by atoms with E-state index in [2.05, 4.69) is 10.2 Å². The van der Waals surface area contributed by atoms with Crippen LogP contribution >= 0.6 is 0 Å². The Morgan fingerprint density at radius 2 is 2.60 bits per heavy atom. The van der Waals surface area contributed by atoms with Crippen molar-refractivity contribution in [1.82, 2.24) is 14.8 Å². The van der Waals surface area contributed by atoms with Crippen molar-refractivity contribution in [2.45, 2.75) is 25.4 Å². The Bertz CT molecular complexity index is 229. The van der Waals surface area contributed by atoms with Gasteiger partial charge in [-0.15, -0.1) is 10.2 Å². The zero-order valence-electron chi connectivity index (χ0n) is 5.70. The fraction of sp³-hybridized carbons (Fsp3) is 0.667. The molecule has 2 heterocycles. The quantitative estimate of drug-likeness (QED) is 0.528. The molecule has 0 saturated carbocycles. The predicted molar refractivity (Wildman–Crippen MR) is 36.3 cm³/mol. The molecule has 1 atom stereocenters. The molecule has 4 nitrogen and oxygen atoms in total. The first kappa shape index (κ1) is 5.85. The lowest BCUT2D eigenvalue weighted by Crippen LogP contribution is -2.31. The summed E-state index contributed by atoms with van der Waals surface area (Å²) in [6, 6.07) is 0.295. The van der Waals surface area contributed by atoms with E-state index in [4.69, 9.17) is 5.73 Å². The van der Waals surface area contributed by atoms with Crippen LogP contribution in [0.5, 0.6) is 0 Å². The Morgan fingerprint density at radius 3 is 3.50 bits per heavy atom. The second kappa shape index (κ2) is 2.05. The van der Waals surface area contributed by atoms with Crippen LogP contribution < -0.4 is 5.73 Å². The average Bonchev–Trinajstić information content (AvgIpc) is 2.33. The molecule has 0 spiro atoms. The fourth-order valence-corrected chi connectivity index (χ4v) is 1.28. The standard InChI is InChI=1S/C6H10N4/c7-5-1-2-6-9-8-4-10(6)3-5/h4-5H,1-3,7H2/t5-/m0/s1. The molecule has 1 aromatic heterocycles. The first-order chi connectivity index (χ1) is 4.86. The van der Waals surface area contributed by atoms with Gasteiger partial charge in [0.15, 0.2) is 0 Å². The van der Waals surface area contributed by atoms with Gasteiger partial charge in [-0.1, -0.05) is 0 Å². The van der Waals surface area contributed by atoms with Crippen LogP contribution in [0.1, 0.15) is 12.2 Å². The van der Waals surface area contributed by atoms with Crippen LogP contribution in [0.4, 0.5) is 0 Å². The third-order valence-electron chi connectivity index (χ3n) is 1.87. The minimum absolute atomic E-state index is 0.295. The van der Waals surface area contributed by atoms with Gasteiger partial charge in [0.2, 0.25) is 0 Å². The lowest BCUT2D eigenvalue weighted by molar-refractivity contribution is 0.453. The van der Waals surface area contributed by atoms with Crippen molar-refractivity contribution in [2.75, 3.05) is 0 Å². The second-order valence-electron chi connectivity index (χ2n) is 2.70. The average molecular weight is 138 g/mol. The predicted octanol–water partition coefficient (Wildman–Crippen LogP) is -0.448. The summed E-state index contributed by atoms with van der Waals surface area (Å²) in [5.74, 6) is 1.07. The molecule has 0 amide bonds. The van der Waals surface area contributed by atoms with Crippen LogP contribution in [0.3, 0.4) is 0 Å². The number of aromatic nitrogens is 3. The van der Waals surface area contributed by atoms with Crippen LogP contribution in [0.15, 0.2) is 6.33 Å². The van der Waals surface area contributed by atoms with Gasteiger partial charge in [0, 0.05) is 19.0 Å². The number of nitrogens with two attached hydrogens (primary N) is 1. The summed E-state index contributed by atoms with van der Waals surface area (Å²) in [5.41, 5.74) is 5.73. The van der Waals surface area contributed by atoms with Crippen molar-refractivity contribution in [3.8, 4) is 0 Å². The molecule has 0 aliphatic carbocycles. The molecule has 1 aliphatic rings. The maximum atomic E-state index is 5.73. The number of hydrogen-bond acceptors (Lipinski definition) is 3. The number of fused-ring (bicyclic) bond motifs is 1. The second-order valence-corrected chi connectivity index (χ2v) is 2.70. The van der Waals surface area contributed by atoms with Crippen molar-refractivity contribution >= 4 is 0 Å². The molecule has 2 rings (SSSR count). The van der Waals surface area contributed by atoms with Crippen molar-refractivity contribution in [1.29, 1.82) is 0 Å². The fourth-order valence-electron chi connectivity index (χ4n) is 1.28. The monoisotopic (exact) mass is 138 g/mol. The molecule has 0 bridgehead atoms. The summed E-state index contributed by atoms with van der Waals surface area (Å²) in [6.45, 7) is 0.877. The molecule has 4 heteroatoms. The highest BCUT2D eigenvalue weighted by Gasteiger charge is 2.14. The summed E-state index contributed by atoms with van der Waals surface area (Å²) in [6.07, 6.45) is 3.76. The maximum absolute atomic E-state index is 5.73. The highest BCUT2D eigenvalue weighted by molar-refractivity contribution is 4.92. The van der Waals surface area contributed by atoms with E-state index in [1.54, 1.807) is 6.33 Å². The lowest BCUT2D eigenvalue weighted by atomic mass is 10.1. The number of rotatable bonds is 0. The van der Waals surface area contributed by atoms with E-state index in [0.29, 0.717) is 6.04 Å². The minimum Gasteiger partial charge on any atom is -0.326 e. The Morgan fingerprint density at radius 1 is 1.70 bits per heavy atom. The minimum atomic E-state index is 0.295. The molecule has 54 valence electrons. The summed E-state index contributed by atoms with van der Waals surface area (Å²) in [7, 11) is 0. The van der Waals surface area contributed by atoms with Gasteiger partial charge >= 0.3 is 0 Å². The van der Waals surface area contributed by atoms with Gasteiger partial charge in [0.05, 0.1) is 0 Å². The largest absolute Gasteiger partial charge is 0.326 e. The van der Waals surface area contributed by atoms with Gasteiger partial charge in [-0.3, -0.25) is 0 Å². The van der Waals surface area contributed by atoms with E-state index in [1.807, 2.05) is 4.57 Å². The normalized spacial score (nSPS) is 24.3. The third kappa shape index (κ3) is 0.806. The Balaban J connectivity index is 2.30. The molecular weight excluding hydrogens is 128 g/mol. The SMILES string of the molecule is N[C@H]1CCc2nncn2C1. The maximum Gasteiger partial charge on any atom is 0.132 e. The molecule has 0 radical (unpaired) electrons. The summed E-state index contributed by atoms with van der Waals surface area (Å²) in [5, 5.41) is 7.74. The van der Waals surface area contributed by atoms with Gasteiger partial charge in [-0.05, 0) is 6.42 Å². The zero-order chi connectivity index (χ0) is 6.97. The Kier molecular flexibility index (Phi) is 1.20. The first-order valence-corrected chi connectivity index (χ1v) is 3.48. The molecule has 1 aliphatic heterocycles. The third-order valence-corrected chi connectivity index (χ3v) is 1.87. The number of aryl methyl sites for hydroxylation is 1. The highest BCUT2D eigenvalue weighted by atomic mass is 15.3. The van der Waals surface area contributed by atoms with Gasteiger partial charge in [0.1, 0.15) is 12.2 Å². The van der Waals surface area contributed by atoms with E-state index < -0.39 is 0 Å². The number of nitrogens with zero attached hydrogens (tertiary/aromatic N) is 3. The molecule has 2 N–H and O–H groups in total.